The molecule has 108 valence electrons. The average molecular weight is 272 g/mol. The lowest BCUT2D eigenvalue weighted by Crippen LogP contribution is -2.62. The lowest BCUT2D eigenvalue weighted by molar-refractivity contribution is -0.149. The van der Waals surface area contributed by atoms with E-state index in [0.717, 1.165) is 4.90 Å². The van der Waals surface area contributed by atoms with Crippen molar-refractivity contribution in [1.29, 1.82) is 0 Å². The summed E-state index contributed by atoms with van der Waals surface area (Å²) >= 11 is 0. The second-order valence-corrected chi connectivity index (χ2v) is 4.80. The van der Waals surface area contributed by atoms with E-state index in [4.69, 9.17) is 9.47 Å². The van der Waals surface area contributed by atoms with Crippen molar-refractivity contribution in [2.45, 2.75) is 20.3 Å². The van der Waals surface area contributed by atoms with Crippen LogP contribution in [-0.4, -0.2) is 56.2 Å². The van der Waals surface area contributed by atoms with Gasteiger partial charge in [0.15, 0.2) is 0 Å². The Kier molecular flexibility index (Phi) is 5.44. The van der Waals surface area contributed by atoms with Crippen LogP contribution in [0.2, 0.25) is 0 Å². The number of hydrogen-bond acceptors (Lipinski definition) is 5. The second kappa shape index (κ2) is 6.63. The number of hydrogen-bond donors (Lipinski definition) is 1. The fraction of sp³-hybridized carbons (Fsp3) is 0.750. The molecule has 7 heteroatoms. The molecule has 1 rings (SSSR count). The molecule has 1 fully saturated rings. The van der Waals surface area contributed by atoms with Crippen molar-refractivity contribution >= 4 is 17.8 Å². The van der Waals surface area contributed by atoms with E-state index < -0.39 is 23.3 Å². The molecule has 4 amide bonds. The maximum atomic E-state index is 12.0. The third-order valence-electron chi connectivity index (χ3n) is 2.92. The molecule has 1 N–H and O–H groups in total. The minimum atomic E-state index is -1.20. The molecular weight excluding hydrogens is 252 g/mol. The highest BCUT2D eigenvalue weighted by molar-refractivity contribution is 6.18. The molecule has 0 radical (unpaired) electrons. The first-order valence-corrected chi connectivity index (χ1v) is 6.15. The molecule has 0 saturated carbocycles. The Labute approximate surface area is 112 Å². The largest absolute Gasteiger partial charge is 0.382 e. The summed E-state index contributed by atoms with van der Waals surface area (Å²) in [6.45, 7) is 4.63. The van der Waals surface area contributed by atoms with E-state index in [1.54, 1.807) is 7.11 Å². The first-order valence-electron chi connectivity index (χ1n) is 6.15. The number of amides is 4. The van der Waals surface area contributed by atoms with Gasteiger partial charge in [-0.25, -0.2) is 4.79 Å². The van der Waals surface area contributed by atoms with Gasteiger partial charge in [-0.05, 0) is 20.3 Å². The highest BCUT2D eigenvalue weighted by Crippen LogP contribution is 2.23. The average Bonchev–Trinajstić information content (AvgIpc) is 2.35. The molecule has 0 bridgehead atoms. The van der Waals surface area contributed by atoms with Gasteiger partial charge in [0.25, 0.3) is 0 Å². The van der Waals surface area contributed by atoms with Crippen LogP contribution in [0.5, 0.6) is 0 Å². The summed E-state index contributed by atoms with van der Waals surface area (Å²) in [5.74, 6) is -1.03. The number of nitrogens with one attached hydrogen (secondary N) is 1. The summed E-state index contributed by atoms with van der Waals surface area (Å²) in [4.78, 5) is 36.2. The number of barbiturate groups is 1. The minimum absolute atomic E-state index is 0.231. The van der Waals surface area contributed by atoms with Gasteiger partial charge in [-0.2, -0.15) is 0 Å². The Morgan fingerprint density at radius 1 is 1.16 bits per heavy atom. The molecule has 0 aliphatic carbocycles. The van der Waals surface area contributed by atoms with E-state index in [1.807, 2.05) is 0 Å². The normalized spacial score (nSPS) is 18.7. The first kappa shape index (κ1) is 15.6. The molecule has 0 aromatic carbocycles. The van der Waals surface area contributed by atoms with Crippen molar-refractivity contribution in [2.75, 3.05) is 33.5 Å². The maximum absolute atomic E-state index is 12.0. The summed E-state index contributed by atoms with van der Waals surface area (Å²) in [6, 6.07) is -0.661. The summed E-state index contributed by atoms with van der Waals surface area (Å²) in [7, 11) is 1.58. The summed E-state index contributed by atoms with van der Waals surface area (Å²) in [5.41, 5.74) is -1.20. The van der Waals surface area contributed by atoms with Crippen molar-refractivity contribution in [3.05, 3.63) is 0 Å². The van der Waals surface area contributed by atoms with Gasteiger partial charge in [-0.15, -0.1) is 0 Å². The van der Waals surface area contributed by atoms with Gasteiger partial charge < -0.3 is 9.47 Å². The fourth-order valence-corrected chi connectivity index (χ4v) is 1.62. The third kappa shape index (κ3) is 3.74. The topological polar surface area (TPSA) is 84.9 Å². The fourth-order valence-electron chi connectivity index (χ4n) is 1.62. The summed E-state index contributed by atoms with van der Waals surface area (Å²) in [6.07, 6.45) is 0.521. The van der Waals surface area contributed by atoms with Gasteiger partial charge in [0.2, 0.25) is 11.8 Å². The molecule has 0 aromatic heterocycles. The summed E-state index contributed by atoms with van der Waals surface area (Å²) < 4.78 is 10.1. The van der Waals surface area contributed by atoms with E-state index in [0.29, 0.717) is 26.2 Å². The van der Waals surface area contributed by atoms with Crippen LogP contribution in [0.4, 0.5) is 4.79 Å². The van der Waals surface area contributed by atoms with Gasteiger partial charge in [-0.1, -0.05) is 0 Å². The van der Waals surface area contributed by atoms with Crippen molar-refractivity contribution in [2.24, 2.45) is 5.41 Å². The van der Waals surface area contributed by atoms with Crippen LogP contribution in [-0.2, 0) is 19.1 Å². The molecule has 7 nitrogen and oxygen atoms in total. The zero-order valence-electron chi connectivity index (χ0n) is 11.5. The maximum Gasteiger partial charge on any atom is 0.330 e. The number of rotatable bonds is 7. The van der Waals surface area contributed by atoms with Gasteiger partial charge in [0.1, 0.15) is 5.41 Å². The van der Waals surface area contributed by atoms with Gasteiger partial charge >= 0.3 is 6.03 Å². The molecule has 0 unspecified atom stereocenters. The predicted octanol–water partition coefficient (Wildman–Crippen LogP) is 0.144. The Morgan fingerprint density at radius 3 is 2.47 bits per heavy atom. The summed E-state index contributed by atoms with van der Waals surface area (Å²) in [5, 5.41) is 2.18. The molecule has 1 saturated heterocycles. The van der Waals surface area contributed by atoms with Crippen molar-refractivity contribution in [3.63, 3.8) is 0 Å². The monoisotopic (exact) mass is 272 g/mol. The molecule has 1 aliphatic heterocycles. The van der Waals surface area contributed by atoms with Gasteiger partial charge in [0.05, 0.1) is 13.2 Å². The quantitative estimate of drug-likeness (QED) is 0.526. The second-order valence-electron chi connectivity index (χ2n) is 4.80. The van der Waals surface area contributed by atoms with E-state index in [2.05, 4.69) is 5.32 Å². The van der Waals surface area contributed by atoms with Gasteiger partial charge in [-0.3, -0.25) is 19.8 Å². The Hall–Kier alpha value is -1.47. The standard InChI is InChI=1S/C12H20N2O5/c1-12(2)9(15)13-11(17)14(10(12)16)5-4-6-19-8-7-18-3/h4-8H2,1-3H3,(H,13,15,17). The van der Waals surface area contributed by atoms with E-state index in [-0.39, 0.29) is 6.54 Å². The van der Waals surface area contributed by atoms with Crippen LogP contribution in [0.25, 0.3) is 0 Å². The zero-order valence-corrected chi connectivity index (χ0v) is 11.5. The van der Waals surface area contributed by atoms with Crippen molar-refractivity contribution in [1.82, 2.24) is 10.2 Å². The Balaban J connectivity index is 2.42. The SMILES string of the molecule is COCCOCCCN1C(=O)NC(=O)C(C)(C)C1=O. The lowest BCUT2D eigenvalue weighted by Gasteiger charge is -2.34. The molecule has 1 heterocycles. The first-order chi connectivity index (χ1) is 8.91. The number of carbonyl (C=O) groups excluding carboxylic acids is 3. The number of carbonyl (C=O) groups is 3. The molecule has 0 atom stereocenters. The van der Waals surface area contributed by atoms with Crippen LogP contribution < -0.4 is 5.32 Å². The minimum Gasteiger partial charge on any atom is -0.382 e. The van der Waals surface area contributed by atoms with Crippen LogP contribution in [0, 0.1) is 5.41 Å². The lowest BCUT2D eigenvalue weighted by atomic mass is 9.89. The number of nitrogens with zero attached hydrogens (tertiary/aromatic N) is 1. The predicted molar refractivity (Wildman–Crippen MR) is 66.3 cm³/mol. The molecule has 1 aliphatic rings. The van der Waals surface area contributed by atoms with E-state index in [9.17, 15) is 14.4 Å². The molecular formula is C12H20N2O5. The van der Waals surface area contributed by atoms with E-state index in [1.165, 1.54) is 13.8 Å². The number of ether oxygens (including phenoxy) is 2. The smallest absolute Gasteiger partial charge is 0.330 e. The van der Waals surface area contributed by atoms with Crippen LogP contribution in [0.15, 0.2) is 0 Å². The van der Waals surface area contributed by atoms with Gasteiger partial charge in [0, 0.05) is 20.3 Å². The molecule has 0 aromatic rings. The Morgan fingerprint density at radius 2 is 1.84 bits per heavy atom. The number of imide groups is 2. The number of urea groups is 1. The van der Waals surface area contributed by atoms with Crippen LogP contribution in [0.3, 0.4) is 0 Å². The third-order valence-corrected chi connectivity index (χ3v) is 2.92. The zero-order chi connectivity index (χ0) is 14.5. The highest BCUT2D eigenvalue weighted by Gasteiger charge is 2.46. The molecule has 0 spiro atoms. The highest BCUT2D eigenvalue weighted by atomic mass is 16.5. The number of methoxy groups -OCH3 is 1. The van der Waals surface area contributed by atoms with Crippen molar-refractivity contribution < 1.29 is 23.9 Å². The molecule has 19 heavy (non-hydrogen) atoms. The van der Waals surface area contributed by atoms with Crippen molar-refractivity contribution in [3.8, 4) is 0 Å². The van der Waals surface area contributed by atoms with Crippen LogP contribution in [0.1, 0.15) is 20.3 Å². The Bertz CT molecular complexity index is 367. The van der Waals surface area contributed by atoms with Crippen LogP contribution >= 0.6 is 0 Å². The van der Waals surface area contributed by atoms with E-state index >= 15 is 0 Å².